The number of alkyl halides is 1. The lowest BCUT2D eigenvalue weighted by molar-refractivity contribution is 0.125. The van der Waals surface area contributed by atoms with Gasteiger partial charge in [0.1, 0.15) is 24.2 Å². The summed E-state index contributed by atoms with van der Waals surface area (Å²) in [5.74, 6) is 7.16. The fraction of sp³-hybridized carbons (Fsp3) is 0.417. The van der Waals surface area contributed by atoms with Crippen LogP contribution in [0.1, 0.15) is 31.4 Å². The monoisotopic (exact) mass is 497 g/mol. The first-order chi connectivity index (χ1) is 15.7. The van der Waals surface area contributed by atoms with Crippen molar-refractivity contribution >= 4 is 23.2 Å². The minimum Gasteiger partial charge on any atom is -0.494 e. The average molecular weight is 498 g/mol. The summed E-state index contributed by atoms with van der Waals surface area (Å²) >= 11 is 12.0. The maximum absolute atomic E-state index is 9.57. The highest BCUT2D eigenvalue weighted by molar-refractivity contribution is 6.32. The van der Waals surface area contributed by atoms with Crippen molar-refractivity contribution in [3.05, 3.63) is 70.5 Å². The van der Waals surface area contributed by atoms with Gasteiger partial charge in [0.05, 0.1) is 29.8 Å². The van der Waals surface area contributed by atoms with Crippen molar-refractivity contribution in [2.24, 2.45) is 11.6 Å². The molecule has 0 spiro atoms. The molecule has 33 heavy (non-hydrogen) atoms. The molecule has 2 aromatic carbocycles. The molecule has 0 bridgehead atoms. The summed E-state index contributed by atoms with van der Waals surface area (Å²) in [5.41, 5.74) is 7.69. The number of benzene rings is 2. The quantitative estimate of drug-likeness (QED) is 0.145. The van der Waals surface area contributed by atoms with Crippen molar-refractivity contribution in [1.82, 2.24) is 5.01 Å². The topological polar surface area (TPSA) is 114 Å². The molecular weight excluding hydrogens is 465 g/mol. The van der Waals surface area contributed by atoms with Gasteiger partial charge in [-0.05, 0) is 35.4 Å². The van der Waals surface area contributed by atoms with Gasteiger partial charge in [-0.25, -0.2) is 5.84 Å². The highest BCUT2D eigenvalue weighted by Gasteiger charge is 2.24. The normalized spacial score (nSPS) is 13.0. The molecule has 0 saturated heterocycles. The van der Waals surface area contributed by atoms with Crippen LogP contribution in [0.2, 0.25) is 5.02 Å². The predicted molar refractivity (Wildman–Crippen MR) is 133 cm³/mol. The Hall–Kier alpha value is -2.16. The number of ether oxygens (including phenoxy) is 2. The zero-order valence-electron chi connectivity index (χ0n) is 19.0. The van der Waals surface area contributed by atoms with Crippen LogP contribution in [0, 0.1) is 0 Å². The Morgan fingerprint density at radius 1 is 1.15 bits per heavy atom. The van der Waals surface area contributed by atoms with E-state index in [1.165, 1.54) is 11.2 Å². The summed E-state index contributed by atoms with van der Waals surface area (Å²) in [6, 6.07) is 13.6. The number of rotatable bonds is 13. The van der Waals surface area contributed by atoms with Gasteiger partial charge in [0, 0.05) is 24.6 Å². The summed E-state index contributed by atoms with van der Waals surface area (Å²) in [6.45, 7) is 5.15. The highest BCUT2D eigenvalue weighted by Crippen LogP contribution is 2.36. The number of halogens is 2. The third-order valence-electron chi connectivity index (χ3n) is 5.18. The third kappa shape index (κ3) is 8.28. The van der Waals surface area contributed by atoms with E-state index >= 15 is 0 Å². The van der Waals surface area contributed by atoms with Gasteiger partial charge in [-0.1, -0.05) is 43.6 Å². The molecule has 0 aromatic heterocycles. The van der Waals surface area contributed by atoms with Crippen LogP contribution in [0.25, 0.3) is 0 Å². The van der Waals surface area contributed by atoms with E-state index in [1.807, 2.05) is 42.5 Å². The number of hydrazine groups is 1. The first kappa shape index (κ1) is 27.1. The Morgan fingerprint density at radius 2 is 1.82 bits per heavy atom. The van der Waals surface area contributed by atoms with Gasteiger partial charge in [0.15, 0.2) is 0 Å². The zero-order valence-corrected chi connectivity index (χ0v) is 20.5. The molecule has 0 fully saturated rings. The summed E-state index contributed by atoms with van der Waals surface area (Å²) in [5, 5.41) is 20.4. The maximum atomic E-state index is 9.57. The lowest BCUT2D eigenvalue weighted by Gasteiger charge is -2.27. The number of aliphatic hydroxyl groups excluding tert-OH is 2. The largest absolute Gasteiger partial charge is 0.494 e. The third-order valence-corrected chi connectivity index (χ3v) is 5.83. The molecule has 1 unspecified atom stereocenters. The minimum absolute atomic E-state index is 0.0875. The number of nitrogens with two attached hydrogens (primary N) is 2. The highest BCUT2D eigenvalue weighted by atomic mass is 35.5. The fourth-order valence-electron chi connectivity index (χ4n) is 3.13. The van der Waals surface area contributed by atoms with Crippen molar-refractivity contribution < 1.29 is 19.7 Å². The lowest BCUT2D eigenvalue weighted by atomic mass is 9.78. The summed E-state index contributed by atoms with van der Waals surface area (Å²) in [4.78, 5) is 0. The molecule has 0 saturated carbocycles. The minimum atomic E-state index is -0.740. The summed E-state index contributed by atoms with van der Waals surface area (Å²) in [6.07, 6.45) is 1.47. The number of nitrogens with zero attached hydrogens (tertiary/aromatic N) is 1. The van der Waals surface area contributed by atoms with Crippen molar-refractivity contribution in [1.29, 1.82) is 0 Å². The number of aliphatic hydroxyl groups is 2. The van der Waals surface area contributed by atoms with E-state index in [-0.39, 0.29) is 24.5 Å². The van der Waals surface area contributed by atoms with Crippen LogP contribution >= 0.6 is 23.2 Å². The van der Waals surface area contributed by atoms with Gasteiger partial charge < -0.3 is 30.4 Å². The van der Waals surface area contributed by atoms with E-state index in [0.717, 1.165) is 16.9 Å². The van der Waals surface area contributed by atoms with Crippen LogP contribution in [0.4, 0.5) is 0 Å². The van der Waals surface area contributed by atoms with Crippen molar-refractivity contribution in [3.8, 4) is 11.5 Å². The Labute approximate surface area is 205 Å². The van der Waals surface area contributed by atoms with Crippen LogP contribution in [-0.2, 0) is 5.41 Å². The molecule has 1 atom stereocenters. The van der Waals surface area contributed by atoms with Gasteiger partial charge in [-0.15, -0.1) is 11.6 Å². The molecule has 6 N–H and O–H groups in total. The summed E-state index contributed by atoms with van der Waals surface area (Å²) in [7, 11) is 0. The second kappa shape index (κ2) is 12.9. The van der Waals surface area contributed by atoms with E-state index in [2.05, 4.69) is 13.8 Å². The van der Waals surface area contributed by atoms with E-state index in [0.29, 0.717) is 36.0 Å². The predicted octanol–water partition coefficient (Wildman–Crippen LogP) is 3.38. The van der Waals surface area contributed by atoms with Crippen LogP contribution < -0.4 is 21.1 Å². The second-order valence-corrected chi connectivity index (χ2v) is 8.93. The first-order valence-corrected chi connectivity index (χ1v) is 11.6. The van der Waals surface area contributed by atoms with E-state index in [4.69, 9.17) is 49.4 Å². The molecule has 0 heterocycles. The lowest BCUT2D eigenvalue weighted by Crippen LogP contribution is -2.29. The molecule has 2 aromatic rings. The Kier molecular flexibility index (Phi) is 10.6. The molecule has 2 rings (SSSR count). The van der Waals surface area contributed by atoms with Gasteiger partial charge in [0.2, 0.25) is 0 Å². The van der Waals surface area contributed by atoms with Crippen LogP contribution in [0.15, 0.2) is 54.4 Å². The van der Waals surface area contributed by atoms with Crippen molar-refractivity contribution in [2.45, 2.75) is 31.8 Å². The molecule has 0 radical (unpaired) electrons. The van der Waals surface area contributed by atoms with E-state index < -0.39 is 6.10 Å². The van der Waals surface area contributed by atoms with Gasteiger partial charge >= 0.3 is 0 Å². The zero-order chi connectivity index (χ0) is 24.4. The van der Waals surface area contributed by atoms with Crippen molar-refractivity contribution in [2.75, 3.05) is 32.2 Å². The molecule has 9 heteroatoms. The molecule has 182 valence electrons. The fourth-order valence-corrected chi connectivity index (χ4v) is 3.45. The molecule has 0 aliphatic carbocycles. The molecular formula is C24H33Cl2N3O4. The van der Waals surface area contributed by atoms with Gasteiger partial charge in [0.25, 0.3) is 0 Å². The van der Waals surface area contributed by atoms with Crippen molar-refractivity contribution in [3.63, 3.8) is 0 Å². The van der Waals surface area contributed by atoms with Gasteiger partial charge in [-0.2, -0.15) is 0 Å². The molecule has 0 aliphatic rings. The Bertz CT molecular complexity index is 907. The second-order valence-electron chi connectivity index (χ2n) is 8.22. The van der Waals surface area contributed by atoms with Crippen LogP contribution in [0.5, 0.6) is 11.5 Å². The van der Waals surface area contributed by atoms with Gasteiger partial charge in [-0.3, -0.25) is 0 Å². The number of hydrogen-bond donors (Lipinski definition) is 4. The maximum Gasteiger partial charge on any atom is 0.138 e. The van der Waals surface area contributed by atoms with Crippen LogP contribution in [0.3, 0.4) is 0 Å². The smallest absolute Gasteiger partial charge is 0.138 e. The standard InChI is InChI=1S/C24H33Cl2N3O4/c1-24(2,18-6-9-23(22(26)12-18)33-16-20(31)13-25)17-4-7-21(8-5-17)32-11-3-10-29(28)14-19(27)15-30/h4-9,12,14,20,30-31H,3,10-11,13,15-16,27-28H2,1-2H3/b19-14-. The Morgan fingerprint density at radius 3 is 2.42 bits per heavy atom. The van der Waals surface area contributed by atoms with E-state index in [1.54, 1.807) is 0 Å². The average Bonchev–Trinajstić information content (AvgIpc) is 2.80. The SMILES string of the molecule is CC(C)(c1ccc(OCCCN(N)/C=C(\N)CO)cc1)c1ccc(OCC(O)CCl)c(Cl)c1. The molecule has 7 nitrogen and oxygen atoms in total. The molecule has 0 aliphatic heterocycles. The summed E-state index contributed by atoms with van der Waals surface area (Å²) < 4.78 is 11.4. The van der Waals surface area contributed by atoms with Crippen LogP contribution in [-0.4, -0.2) is 53.6 Å². The van der Waals surface area contributed by atoms with E-state index in [9.17, 15) is 5.11 Å². The Balaban J connectivity index is 1.95. The number of hydrogen-bond acceptors (Lipinski definition) is 7. The molecule has 0 amide bonds. The first-order valence-electron chi connectivity index (χ1n) is 10.7.